The molecule has 0 spiro atoms. The lowest BCUT2D eigenvalue weighted by atomic mass is 10.2. The third-order valence-electron chi connectivity index (χ3n) is 2.94. The zero-order valence-electron chi connectivity index (χ0n) is 11.5. The van der Waals surface area contributed by atoms with E-state index in [4.69, 9.17) is 0 Å². The fraction of sp³-hybridized carbons (Fsp3) is 0.133. The Hall–Kier alpha value is -2.34. The molecule has 2 aromatic carbocycles. The first-order chi connectivity index (χ1) is 10.0. The van der Waals surface area contributed by atoms with E-state index >= 15 is 0 Å². The molecule has 0 bridgehead atoms. The van der Waals surface area contributed by atoms with Crippen LogP contribution in [-0.4, -0.2) is 27.2 Å². The molecule has 5 nitrogen and oxygen atoms in total. The first-order valence-electron chi connectivity index (χ1n) is 6.37. The number of hydrogen-bond acceptors (Lipinski definition) is 4. The summed E-state index contributed by atoms with van der Waals surface area (Å²) in [5, 5.41) is 5.37. The Balaban J connectivity index is 2.05. The number of carbonyl (C=O) groups is 1. The molecule has 21 heavy (non-hydrogen) atoms. The van der Waals surface area contributed by atoms with E-state index in [2.05, 4.69) is 10.6 Å². The van der Waals surface area contributed by atoms with Gasteiger partial charge in [0.25, 0.3) is 5.91 Å². The van der Waals surface area contributed by atoms with Crippen LogP contribution in [0.15, 0.2) is 59.5 Å². The van der Waals surface area contributed by atoms with Gasteiger partial charge in [-0.25, -0.2) is 8.42 Å². The fourth-order valence-corrected chi connectivity index (χ4v) is 2.87. The van der Waals surface area contributed by atoms with Crippen molar-refractivity contribution in [3.8, 4) is 0 Å². The van der Waals surface area contributed by atoms with Crippen LogP contribution in [0.3, 0.4) is 0 Å². The van der Waals surface area contributed by atoms with Gasteiger partial charge in [-0.05, 0) is 36.4 Å². The summed E-state index contributed by atoms with van der Waals surface area (Å²) in [5.41, 5.74) is 1.16. The summed E-state index contributed by atoms with van der Waals surface area (Å²) in [5.74, 6) is -0.380. The normalized spacial score (nSPS) is 10.9. The summed E-state index contributed by atoms with van der Waals surface area (Å²) < 4.78 is 24.2. The molecule has 2 rings (SSSR count). The number of rotatable bonds is 5. The molecule has 0 heterocycles. The van der Waals surface area contributed by atoms with Crippen molar-refractivity contribution in [2.24, 2.45) is 0 Å². The van der Waals surface area contributed by atoms with Crippen molar-refractivity contribution in [1.82, 2.24) is 5.32 Å². The van der Waals surface area contributed by atoms with Gasteiger partial charge in [0.15, 0.2) is 9.84 Å². The van der Waals surface area contributed by atoms with Crippen LogP contribution in [-0.2, 0) is 9.84 Å². The molecule has 2 aromatic rings. The Bertz CT molecular complexity index is 710. The average Bonchev–Trinajstić information content (AvgIpc) is 2.53. The van der Waals surface area contributed by atoms with Crippen molar-refractivity contribution in [3.63, 3.8) is 0 Å². The number of amides is 1. The average molecular weight is 304 g/mol. The number of hydrogen-bond donors (Lipinski definition) is 2. The maximum Gasteiger partial charge on any atom is 0.251 e. The van der Waals surface area contributed by atoms with Gasteiger partial charge in [-0.15, -0.1) is 0 Å². The standard InChI is InChI=1S/C15H16N2O3S/c1-16-15(18)12-7-9-13(10-8-12)17-11-21(19,20)14-5-3-2-4-6-14/h2-10,17H,11H2,1H3,(H,16,18). The van der Waals surface area contributed by atoms with Gasteiger partial charge in [0.1, 0.15) is 5.88 Å². The third-order valence-corrected chi connectivity index (χ3v) is 4.46. The summed E-state index contributed by atoms with van der Waals surface area (Å²) in [6.45, 7) is 0. The predicted octanol–water partition coefficient (Wildman–Crippen LogP) is 1.89. The van der Waals surface area contributed by atoms with Gasteiger partial charge in [-0.1, -0.05) is 18.2 Å². The van der Waals surface area contributed by atoms with Crippen LogP contribution in [0.5, 0.6) is 0 Å². The molecule has 0 aliphatic heterocycles. The third kappa shape index (κ3) is 3.82. The number of carbonyl (C=O) groups excluding carboxylic acids is 1. The minimum atomic E-state index is -3.38. The second kappa shape index (κ2) is 6.41. The molecule has 0 saturated heterocycles. The van der Waals surface area contributed by atoms with Crippen LogP contribution in [0.4, 0.5) is 5.69 Å². The molecule has 0 fully saturated rings. The minimum absolute atomic E-state index is 0.182. The van der Waals surface area contributed by atoms with Crippen molar-refractivity contribution in [3.05, 3.63) is 60.2 Å². The number of nitrogens with one attached hydrogen (secondary N) is 2. The highest BCUT2D eigenvalue weighted by Gasteiger charge is 2.13. The van der Waals surface area contributed by atoms with Gasteiger partial charge in [0.05, 0.1) is 4.90 Å². The molecule has 0 aliphatic carbocycles. The quantitative estimate of drug-likeness (QED) is 0.884. The van der Waals surface area contributed by atoms with E-state index in [-0.39, 0.29) is 16.7 Å². The lowest BCUT2D eigenvalue weighted by Gasteiger charge is -2.08. The Morgan fingerprint density at radius 2 is 1.62 bits per heavy atom. The van der Waals surface area contributed by atoms with E-state index in [0.29, 0.717) is 11.3 Å². The Morgan fingerprint density at radius 3 is 2.19 bits per heavy atom. The lowest BCUT2D eigenvalue weighted by molar-refractivity contribution is 0.0963. The van der Waals surface area contributed by atoms with Crippen LogP contribution in [0.1, 0.15) is 10.4 Å². The Morgan fingerprint density at radius 1 is 1.00 bits per heavy atom. The van der Waals surface area contributed by atoms with E-state index < -0.39 is 9.84 Å². The second-order valence-electron chi connectivity index (χ2n) is 4.41. The number of anilines is 1. The first kappa shape index (κ1) is 15.1. The Labute approximate surface area is 123 Å². The van der Waals surface area contributed by atoms with Crippen LogP contribution >= 0.6 is 0 Å². The molecule has 1 amide bonds. The zero-order valence-corrected chi connectivity index (χ0v) is 12.4. The summed E-state index contributed by atoms with van der Waals surface area (Å²) in [4.78, 5) is 11.7. The van der Waals surface area contributed by atoms with Gasteiger partial charge < -0.3 is 10.6 Å². The van der Waals surface area contributed by atoms with Crippen molar-refractivity contribution in [1.29, 1.82) is 0 Å². The molecule has 0 atom stereocenters. The molecule has 110 valence electrons. The molecule has 0 unspecified atom stereocenters. The molecular weight excluding hydrogens is 288 g/mol. The van der Waals surface area contributed by atoms with Gasteiger partial charge in [0.2, 0.25) is 0 Å². The highest BCUT2D eigenvalue weighted by molar-refractivity contribution is 7.91. The van der Waals surface area contributed by atoms with E-state index in [0.717, 1.165) is 0 Å². The maximum absolute atomic E-state index is 12.1. The minimum Gasteiger partial charge on any atom is -0.371 e. The molecule has 6 heteroatoms. The Kier molecular flexibility index (Phi) is 4.59. The van der Waals surface area contributed by atoms with Gasteiger partial charge in [-0.3, -0.25) is 4.79 Å². The number of sulfone groups is 1. The highest BCUT2D eigenvalue weighted by atomic mass is 32.2. The molecule has 0 radical (unpaired) electrons. The summed E-state index contributed by atoms with van der Waals surface area (Å²) in [7, 11) is -1.82. The van der Waals surface area contributed by atoms with Gasteiger partial charge in [0, 0.05) is 18.3 Å². The fourth-order valence-electron chi connectivity index (χ4n) is 1.77. The van der Waals surface area contributed by atoms with Gasteiger partial charge in [-0.2, -0.15) is 0 Å². The van der Waals surface area contributed by atoms with Crippen LogP contribution in [0.2, 0.25) is 0 Å². The van der Waals surface area contributed by atoms with Crippen molar-refractivity contribution >= 4 is 21.4 Å². The SMILES string of the molecule is CNC(=O)c1ccc(NCS(=O)(=O)c2ccccc2)cc1. The summed E-state index contributed by atoms with van der Waals surface area (Å²) in [6.07, 6.45) is 0. The van der Waals surface area contributed by atoms with Crippen molar-refractivity contribution in [2.45, 2.75) is 4.90 Å². The van der Waals surface area contributed by atoms with E-state index in [1.165, 1.54) is 0 Å². The smallest absolute Gasteiger partial charge is 0.251 e. The highest BCUT2D eigenvalue weighted by Crippen LogP contribution is 2.13. The maximum atomic E-state index is 12.1. The molecular formula is C15H16N2O3S. The largest absolute Gasteiger partial charge is 0.371 e. The second-order valence-corrected chi connectivity index (χ2v) is 6.39. The summed E-state index contributed by atoms with van der Waals surface area (Å²) >= 11 is 0. The van der Waals surface area contributed by atoms with E-state index in [9.17, 15) is 13.2 Å². The molecule has 0 aromatic heterocycles. The summed E-state index contributed by atoms with van der Waals surface area (Å²) in [6, 6.07) is 14.9. The molecule has 2 N–H and O–H groups in total. The topological polar surface area (TPSA) is 75.3 Å². The van der Waals surface area contributed by atoms with Crippen LogP contribution < -0.4 is 10.6 Å². The van der Waals surface area contributed by atoms with E-state index in [1.807, 2.05) is 0 Å². The van der Waals surface area contributed by atoms with Crippen molar-refractivity contribution in [2.75, 3.05) is 18.2 Å². The molecule has 0 aliphatic rings. The van der Waals surface area contributed by atoms with Crippen LogP contribution in [0, 0.1) is 0 Å². The first-order valence-corrected chi connectivity index (χ1v) is 8.02. The van der Waals surface area contributed by atoms with Crippen LogP contribution in [0.25, 0.3) is 0 Å². The van der Waals surface area contributed by atoms with Gasteiger partial charge >= 0.3 is 0 Å². The number of benzene rings is 2. The lowest BCUT2D eigenvalue weighted by Crippen LogP contribution is -2.18. The van der Waals surface area contributed by atoms with Crippen molar-refractivity contribution < 1.29 is 13.2 Å². The zero-order chi connectivity index (χ0) is 15.3. The molecule has 0 saturated carbocycles. The van der Waals surface area contributed by atoms with E-state index in [1.54, 1.807) is 61.6 Å². The predicted molar refractivity (Wildman–Crippen MR) is 81.9 cm³/mol. The monoisotopic (exact) mass is 304 g/mol.